The number of ether oxygens (including phenoxy) is 1. The Bertz CT molecular complexity index is 397. The van der Waals surface area contributed by atoms with Crippen LogP contribution in [0.2, 0.25) is 0 Å². The molecular weight excluding hydrogens is 252 g/mol. The fourth-order valence-corrected chi connectivity index (χ4v) is 2.76. The number of nitrogens with zero attached hydrogens (tertiary/aromatic N) is 3. The van der Waals surface area contributed by atoms with Gasteiger partial charge in [-0.15, -0.1) is 0 Å². The molecule has 20 heavy (non-hydrogen) atoms. The minimum absolute atomic E-state index is 0.502. The average Bonchev–Trinajstić information content (AvgIpc) is 2.81. The second-order valence-corrected chi connectivity index (χ2v) is 5.81. The third-order valence-corrected chi connectivity index (χ3v) is 3.95. The standard InChI is InChI=1S/C15H28N4O/c1-18(2)15-17-12-13(19(15)3)11-16-9-10-20-14-7-5-4-6-8-14/h12,14,16H,4-11H2,1-3H3. The summed E-state index contributed by atoms with van der Waals surface area (Å²) in [6, 6.07) is 0. The van der Waals surface area contributed by atoms with Crippen molar-refractivity contribution in [2.24, 2.45) is 7.05 Å². The number of rotatable bonds is 7. The SMILES string of the molecule is CN(C)c1ncc(CNCCOC2CCCCC2)n1C. The Morgan fingerprint density at radius 2 is 2.10 bits per heavy atom. The van der Waals surface area contributed by atoms with Gasteiger partial charge >= 0.3 is 0 Å². The third kappa shape index (κ3) is 4.21. The molecule has 1 fully saturated rings. The summed E-state index contributed by atoms with van der Waals surface area (Å²) in [5.74, 6) is 0.986. The predicted octanol–water partition coefficient (Wildman–Crippen LogP) is 1.92. The molecule has 0 spiro atoms. The van der Waals surface area contributed by atoms with Crippen molar-refractivity contribution in [1.29, 1.82) is 0 Å². The molecule has 2 rings (SSSR count). The van der Waals surface area contributed by atoms with E-state index in [4.69, 9.17) is 4.74 Å². The van der Waals surface area contributed by atoms with Gasteiger partial charge in [-0.3, -0.25) is 0 Å². The van der Waals surface area contributed by atoms with Crippen LogP contribution in [0.25, 0.3) is 0 Å². The Balaban J connectivity index is 1.63. The minimum Gasteiger partial charge on any atom is -0.377 e. The Morgan fingerprint density at radius 3 is 2.75 bits per heavy atom. The lowest BCUT2D eigenvalue weighted by molar-refractivity contribution is 0.0302. The van der Waals surface area contributed by atoms with Crippen molar-refractivity contribution in [3.63, 3.8) is 0 Å². The fraction of sp³-hybridized carbons (Fsp3) is 0.800. The van der Waals surface area contributed by atoms with E-state index < -0.39 is 0 Å². The zero-order valence-corrected chi connectivity index (χ0v) is 13.1. The van der Waals surface area contributed by atoms with Crippen molar-refractivity contribution in [2.45, 2.75) is 44.8 Å². The first-order valence-electron chi connectivity index (χ1n) is 7.68. The van der Waals surface area contributed by atoms with Gasteiger partial charge in [-0.1, -0.05) is 19.3 Å². The van der Waals surface area contributed by atoms with Gasteiger partial charge in [-0.05, 0) is 12.8 Å². The van der Waals surface area contributed by atoms with E-state index in [0.717, 1.165) is 25.6 Å². The van der Waals surface area contributed by atoms with Crippen LogP contribution in [0.4, 0.5) is 5.95 Å². The van der Waals surface area contributed by atoms with Crippen LogP contribution in [-0.4, -0.2) is 42.9 Å². The molecule has 0 amide bonds. The van der Waals surface area contributed by atoms with Gasteiger partial charge in [-0.2, -0.15) is 0 Å². The van der Waals surface area contributed by atoms with E-state index >= 15 is 0 Å². The summed E-state index contributed by atoms with van der Waals surface area (Å²) in [6.45, 7) is 2.55. The molecule has 1 aromatic heterocycles. The molecule has 1 N–H and O–H groups in total. The van der Waals surface area contributed by atoms with E-state index in [1.165, 1.54) is 37.8 Å². The van der Waals surface area contributed by atoms with Gasteiger partial charge in [0.15, 0.2) is 0 Å². The number of nitrogens with one attached hydrogen (secondary N) is 1. The summed E-state index contributed by atoms with van der Waals surface area (Å²) in [4.78, 5) is 6.43. The van der Waals surface area contributed by atoms with Crippen LogP contribution >= 0.6 is 0 Å². The maximum Gasteiger partial charge on any atom is 0.204 e. The van der Waals surface area contributed by atoms with Gasteiger partial charge < -0.3 is 19.5 Å². The lowest BCUT2D eigenvalue weighted by atomic mass is 9.98. The highest BCUT2D eigenvalue weighted by atomic mass is 16.5. The zero-order valence-electron chi connectivity index (χ0n) is 13.1. The van der Waals surface area contributed by atoms with Gasteiger partial charge in [0, 0.05) is 34.2 Å². The first-order chi connectivity index (χ1) is 9.68. The van der Waals surface area contributed by atoms with E-state index in [9.17, 15) is 0 Å². The molecule has 0 aliphatic heterocycles. The topological polar surface area (TPSA) is 42.3 Å². The highest BCUT2D eigenvalue weighted by Crippen LogP contribution is 2.19. The largest absolute Gasteiger partial charge is 0.377 e. The summed E-state index contributed by atoms with van der Waals surface area (Å²) in [7, 11) is 6.08. The van der Waals surface area contributed by atoms with Gasteiger partial charge in [0.2, 0.25) is 5.95 Å². The molecule has 5 heteroatoms. The van der Waals surface area contributed by atoms with Crippen LogP contribution in [0.5, 0.6) is 0 Å². The van der Waals surface area contributed by atoms with Gasteiger partial charge in [-0.25, -0.2) is 4.98 Å². The molecule has 1 heterocycles. The predicted molar refractivity (Wildman–Crippen MR) is 82.1 cm³/mol. The van der Waals surface area contributed by atoms with Crippen molar-refractivity contribution in [2.75, 3.05) is 32.1 Å². The van der Waals surface area contributed by atoms with Crippen molar-refractivity contribution in [3.8, 4) is 0 Å². The molecular formula is C15H28N4O. The molecule has 0 unspecified atom stereocenters. The number of hydrogen-bond acceptors (Lipinski definition) is 4. The van der Waals surface area contributed by atoms with Crippen molar-refractivity contribution in [1.82, 2.24) is 14.9 Å². The normalized spacial score (nSPS) is 16.6. The summed E-state index contributed by atoms with van der Waals surface area (Å²) in [5, 5.41) is 3.43. The van der Waals surface area contributed by atoms with Crippen LogP contribution < -0.4 is 10.2 Å². The molecule has 0 bridgehead atoms. The molecule has 5 nitrogen and oxygen atoms in total. The first-order valence-corrected chi connectivity index (χ1v) is 7.68. The van der Waals surface area contributed by atoms with E-state index in [0.29, 0.717) is 6.10 Å². The van der Waals surface area contributed by atoms with Crippen molar-refractivity contribution < 1.29 is 4.74 Å². The molecule has 1 aromatic rings. The monoisotopic (exact) mass is 280 g/mol. The highest BCUT2D eigenvalue weighted by Gasteiger charge is 2.13. The first kappa shape index (κ1) is 15.3. The zero-order chi connectivity index (χ0) is 14.4. The lowest BCUT2D eigenvalue weighted by Crippen LogP contribution is -2.25. The summed E-state index contributed by atoms with van der Waals surface area (Å²) >= 11 is 0. The Morgan fingerprint density at radius 1 is 1.35 bits per heavy atom. The second kappa shape index (κ2) is 7.64. The Kier molecular flexibility index (Phi) is 5.86. The lowest BCUT2D eigenvalue weighted by Gasteiger charge is -2.22. The van der Waals surface area contributed by atoms with E-state index in [-0.39, 0.29) is 0 Å². The summed E-state index contributed by atoms with van der Waals surface area (Å²) in [5.41, 5.74) is 1.20. The van der Waals surface area contributed by atoms with Crippen molar-refractivity contribution >= 4 is 5.95 Å². The van der Waals surface area contributed by atoms with Gasteiger partial charge in [0.05, 0.1) is 24.6 Å². The summed E-state index contributed by atoms with van der Waals surface area (Å²) in [6.07, 6.45) is 8.97. The van der Waals surface area contributed by atoms with Crippen molar-refractivity contribution in [3.05, 3.63) is 11.9 Å². The number of imidazole rings is 1. The summed E-state index contributed by atoms with van der Waals surface area (Å²) < 4.78 is 8.02. The van der Waals surface area contributed by atoms with Crippen LogP contribution in [0, 0.1) is 0 Å². The maximum absolute atomic E-state index is 5.90. The average molecular weight is 280 g/mol. The molecule has 1 aliphatic rings. The van der Waals surface area contributed by atoms with E-state index in [1.54, 1.807) is 0 Å². The maximum atomic E-state index is 5.90. The molecule has 0 radical (unpaired) electrons. The van der Waals surface area contributed by atoms with Gasteiger partial charge in [0.1, 0.15) is 0 Å². The van der Waals surface area contributed by atoms with Crippen LogP contribution in [0.1, 0.15) is 37.8 Å². The fourth-order valence-electron chi connectivity index (χ4n) is 2.76. The molecule has 1 aliphatic carbocycles. The smallest absolute Gasteiger partial charge is 0.204 e. The number of anilines is 1. The quantitative estimate of drug-likeness (QED) is 0.775. The molecule has 114 valence electrons. The molecule has 1 saturated carbocycles. The number of hydrogen-bond donors (Lipinski definition) is 1. The minimum atomic E-state index is 0.502. The Hall–Kier alpha value is -1.07. The van der Waals surface area contributed by atoms with Gasteiger partial charge in [0.25, 0.3) is 0 Å². The van der Waals surface area contributed by atoms with Crippen LogP contribution in [0.3, 0.4) is 0 Å². The third-order valence-electron chi connectivity index (χ3n) is 3.95. The van der Waals surface area contributed by atoms with Crippen LogP contribution in [0.15, 0.2) is 6.20 Å². The molecule has 0 saturated heterocycles. The second-order valence-electron chi connectivity index (χ2n) is 5.81. The Labute approximate surface area is 122 Å². The molecule has 0 aromatic carbocycles. The van der Waals surface area contributed by atoms with Crippen LogP contribution in [-0.2, 0) is 18.3 Å². The van der Waals surface area contributed by atoms with E-state index in [1.807, 2.05) is 25.2 Å². The number of aromatic nitrogens is 2. The molecule has 0 atom stereocenters. The van der Waals surface area contributed by atoms with E-state index in [2.05, 4.69) is 21.9 Å². The highest BCUT2D eigenvalue weighted by molar-refractivity contribution is 5.30.